The summed E-state index contributed by atoms with van der Waals surface area (Å²) in [6, 6.07) is 19.9. The number of thiophene rings is 1. The smallest absolute Gasteiger partial charge is 0.356 e. The molecular weight excluding hydrogens is 970 g/mol. The number of carbonyl (C=O) groups excluding carboxylic acids is 7. The molecule has 4 aromatic carbocycles. The van der Waals surface area contributed by atoms with E-state index in [4.69, 9.17) is 0 Å². The fourth-order valence-electron chi connectivity index (χ4n) is 9.27. The van der Waals surface area contributed by atoms with Crippen molar-refractivity contribution in [2.75, 3.05) is 24.5 Å². The molecule has 3 unspecified atom stereocenters. The number of benzene rings is 4. The lowest BCUT2D eigenvalue weighted by molar-refractivity contribution is -0.141. The molecule has 0 spiro atoms. The van der Waals surface area contributed by atoms with E-state index in [-0.39, 0.29) is 66.9 Å². The number of alkyl halides is 2. The zero-order chi connectivity index (χ0) is 51.7. The lowest BCUT2D eigenvalue weighted by Crippen LogP contribution is -2.58. The van der Waals surface area contributed by atoms with Crippen LogP contribution in [0.5, 0.6) is 0 Å². The quantitative estimate of drug-likeness (QED) is 0.0349. The molecule has 2 saturated heterocycles. The molecule has 1 aromatic heterocycles. The number of hydrogen-bond acceptors (Lipinski definition) is 9. The Bertz CT molecular complexity index is 3140. The third kappa shape index (κ3) is 10.8. The third-order valence-electron chi connectivity index (χ3n) is 13.1. The molecule has 5 N–H and O–H groups in total. The van der Waals surface area contributed by atoms with Gasteiger partial charge in [-0.1, -0.05) is 75.1 Å². The van der Waals surface area contributed by atoms with Crippen molar-refractivity contribution in [1.82, 2.24) is 25.8 Å². The van der Waals surface area contributed by atoms with Gasteiger partial charge in [0.25, 0.3) is 11.8 Å². The number of amides is 7. The van der Waals surface area contributed by atoms with Crippen LogP contribution in [0.25, 0.3) is 20.9 Å². The highest BCUT2D eigenvalue weighted by molar-refractivity contribution is 7.52. The number of rotatable bonds is 14. The molecule has 0 radical (unpaired) electrons. The maximum atomic E-state index is 14.8. The van der Waals surface area contributed by atoms with E-state index in [0.29, 0.717) is 59.3 Å². The van der Waals surface area contributed by atoms with Crippen molar-refractivity contribution < 1.29 is 56.7 Å². The normalized spacial score (nSPS) is 17.6. The first-order chi connectivity index (χ1) is 34.1. The number of fused-ring (bicyclic) bond motifs is 3. The van der Waals surface area contributed by atoms with E-state index in [1.54, 1.807) is 39.0 Å². The molecular formula is C52H53F2N6O10PS. The zero-order valence-corrected chi connectivity index (χ0v) is 41.4. The summed E-state index contributed by atoms with van der Waals surface area (Å²) in [5.41, 5.74) is -3.86. The molecule has 3 aliphatic rings. The van der Waals surface area contributed by atoms with Gasteiger partial charge >= 0.3 is 13.3 Å². The van der Waals surface area contributed by atoms with Crippen LogP contribution >= 0.6 is 18.9 Å². The lowest BCUT2D eigenvalue weighted by Gasteiger charge is -2.36. The minimum absolute atomic E-state index is 0.0117. The first-order valence-corrected chi connectivity index (χ1v) is 26.0. The van der Waals surface area contributed by atoms with Crippen LogP contribution in [-0.4, -0.2) is 98.7 Å². The van der Waals surface area contributed by atoms with Crippen molar-refractivity contribution in [2.45, 2.75) is 96.1 Å². The fraction of sp³-hybridized carbons (Fsp3) is 0.365. The molecule has 8 rings (SSSR count). The average molecular weight is 1020 g/mol. The molecule has 5 aromatic rings. The van der Waals surface area contributed by atoms with E-state index in [1.165, 1.54) is 26.8 Å². The highest BCUT2D eigenvalue weighted by atomic mass is 32.1. The summed E-state index contributed by atoms with van der Waals surface area (Å²) in [5, 5.41) is 9.99. The zero-order valence-electron chi connectivity index (χ0n) is 39.7. The van der Waals surface area contributed by atoms with Gasteiger partial charge in [-0.25, -0.2) is 0 Å². The van der Waals surface area contributed by atoms with Gasteiger partial charge in [-0.2, -0.15) is 8.78 Å². The van der Waals surface area contributed by atoms with Crippen LogP contribution in [-0.2, 0) is 40.7 Å². The number of carbonyl (C=O) groups is 7. The van der Waals surface area contributed by atoms with Gasteiger partial charge < -0.3 is 35.1 Å². The first kappa shape index (κ1) is 51.5. The van der Waals surface area contributed by atoms with E-state index < -0.39 is 66.0 Å². The monoisotopic (exact) mass is 1020 g/mol. The van der Waals surface area contributed by atoms with Gasteiger partial charge in [0.2, 0.25) is 29.5 Å². The van der Waals surface area contributed by atoms with Gasteiger partial charge in [0.15, 0.2) is 0 Å². The van der Waals surface area contributed by atoms with E-state index >= 15 is 0 Å². The van der Waals surface area contributed by atoms with E-state index in [2.05, 4.69) is 27.8 Å². The highest BCUT2D eigenvalue weighted by Crippen LogP contribution is 2.59. The van der Waals surface area contributed by atoms with Crippen LogP contribution in [0.2, 0.25) is 0 Å². The standard InChI is InChI=1S/C52H53F2N6O10PS/c1-51(2,3)45(57-47(64)42-29-34-27-35(18-21-41(34)72-42)52(53,54)71(68,69)70)50(67)59-25-10-16-40(59)49(66)58(36-19-17-31-11-6-7-13-33(31)28-36)26-23-43(61)55-24-8-4-5-12-32-14-9-15-37-38(32)30-60(48(37)65)39-20-22-44(62)56-46(39)63/h6-7,9,11,13-15,17-19,21,27-29,39-40,45H,4,8,10,16,20,22-26,30H2,1-3H3,(H,55,61)(H,57,64)(H,56,62,63)(H2,68,69,70). The van der Waals surface area contributed by atoms with E-state index in [1.807, 2.05) is 42.5 Å². The number of nitrogens with zero attached hydrogens (tertiary/aromatic N) is 3. The van der Waals surface area contributed by atoms with E-state index in [9.17, 15) is 56.7 Å². The fourth-order valence-corrected chi connectivity index (χ4v) is 10.7. The van der Waals surface area contributed by atoms with Gasteiger partial charge in [-0.05, 0) is 95.3 Å². The van der Waals surface area contributed by atoms with Gasteiger partial charge in [0.05, 0.1) is 4.88 Å². The van der Waals surface area contributed by atoms with Crippen LogP contribution in [0.3, 0.4) is 0 Å². The van der Waals surface area contributed by atoms with E-state index in [0.717, 1.165) is 34.2 Å². The summed E-state index contributed by atoms with van der Waals surface area (Å²) < 4.78 is 41.0. The Labute approximate surface area is 417 Å². The van der Waals surface area contributed by atoms with Crippen LogP contribution < -0.4 is 20.9 Å². The summed E-state index contributed by atoms with van der Waals surface area (Å²) in [7, 11) is -5.84. The topological polar surface area (TPSA) is 223 Å². The summed E-state index contributed by atoms with van der Waals surface area (Å²) in [4.78, 5) is 117. The van der Waals surface area contributed by atoms with Crippen molar-refractivity contribution in [3.8, 4) is 11.8 Å². The minimum atomic E-state index is -5.84. The van der Waals surface area contributed by atoms with Crippen LogP contribution in [0.15, 0.2) is 84.9 Å². The molecule has 4 heterocycles. The van der Waals surface area contributed by atoms with Crippen LogP contribution in [0, 0.1) is 17.3 Å². The number of nitrogens with one attached hydrogen (secondary N) is 3. The minimum Gasteiger partial charge on any atom is -0.356 e. The van der Waals surface area contributed by atoms with Crippen LogP contribution in [0.1, 0.15) is 102 Å². The second kappa shape index (κ2) is 20.7. The molecule has 3 aliphatic heterocycles. The maximum Gasteiger partial charge on any atom is 0.399 e. The Hall–Kier alpha value is -6.84. The number of imide groups is 1. The summed E-state index contributed by atoms with van der Waals surface area (Å²) in [5.74, 6) is 3.22. The second-order valence-corrected chi connectivity index (χ2v) is 21.9. The van der Waals surface area contributed by atoms with Gasteiger partial charge in [-0.15, -0.1) is 11.3 Å². The Morgan fingerprint density at radius 3 is 2.44 bits per heavy atom. The average Bonchev–Trinajstić information content (AvgIpc) is 4.09. The number of unbranched alkanes of at least 4 members (excludes halogenated alkanes) is 1. The first-order valence-electron chi connectivity index (χ1n) is 23.5. The Morgan fingerprint density at radius 1 is 0.944 bits per heavy atom. The number of anilines is 1. The Balaban J connectivity index is 0.915. The maximum absolute atomic E-state index is 14.8. The number of hydrogen-bond donors (Lipinski definition) is 5. The SMILES string of the molecule is CC(C)(C)C(NC(=O)c1cc2cc(C(F)(F)P(=O)(O)O)ccc2s1)C(=O)N1CCCC1C(=O)N(CCC(=O)NCCCC#Cc1cccc2c1CN(C1CCC(=O)NC1=O)C2=O)c1ccc2ccccc2c1. The van der Waals surface area contributed by atoms with Gasteiger partial charge in [0, 0.05) is 72.5 Å². The summed E-state index contributed by atoms with van der Waals surface area (Å²) in [6.45, 7) is 5.98. The molecule has 2 fully saturated rings. The second-order valence-electron chi connectivity index (χ2n) is 19.2. The molecule has 20 heteroatoms. The highest BCUT2D eigenvalue weighted by Gasteiger charge is 2.50. The molecule has 72 heavy (non-hydrogen) atoms. The number of halogens is 2. The predicted molar refractivity (Wildman–Crippen MR) is 266 cm³/mol. The van der Waals surface area contributed by atoms with Gasteiger partial charge in [0.1, 0.15) is 18.1 Å². The molecule has 3 atom stereocenters. The summed E-state index contributed by atoms with van der Waals surface area (Å²) in [6.07, 6.45) is 2.09. The molecule has 0 bridgehead atoms. The van der Waals surface area contributed by atoms with Crippen LogP contribution in [0.4, 0.5) is 14.5 Å². The molecule has 16 nitrogen and oxygen atoms in total. The van der Waals surface area contributed by atoms with Crippen molar-refractivity contribution in [3.05, 3.63) is 112 Å². The molecule has 0 aliphatic carbocycles. The molecule has 376 valence electrons. The predicted octanol–water partition coefficient (Wildman–Crippen LogP) is 6.55. The number of likely N-dealkylation sites (tertiary alicyclic amines) is 1. The largest absolute Gasteiger partial charge is 0.399 e. The van der Waals surface area contributed by atoms with Gasteiger partial charge in [-0.3, -0.25) is 43.4 Å². The Kier molecular flexibility index (Phi) is 14.8. The molecule has 7 amide bonds. The van der Waals surface area contributed by atoms with Crippen molar-refractivity contribution in [2.24, 2.45) is 5.41 Å². The summed E-state index contributed by atoms with van der Waals surface area (Å²) >= 11 is 0.956. The van der Waals surface area contributed by atoms with Crippen molar-refractivity contribution in [1.29, 1.82) is 0 Å². The Morgan fingerprint density at radius 2 is 1.71 bits per heavy atom. The van der Waals surface area contributed by atoms with Crippen molar-refractivity contribution in [3.63, 3.8) is 0 Å². The van der Waals surface area contributed by atoms with Crippen molar-refractivity contribution >= 4 is 86.8 Å². The molecule has 0 saturated carbocycles. The number of piperidine rings is 1. The third-order valence-corrected chi connectivity index (χ3v) is 15.2. The lowest BCUT2D eigenvalue weighted by atomic mass is 9.85.